The third-order valence-corrected chi connectivity index (χ3v) is 7.23. The average Bonchev–Trinajstić information content (AvgIpc) is 2.97. The molecule has 4 aromatic rings. The van der Waals surface area contributed by atoms with E-state index in [1.807, 2.05) is 6.07 Å². The van der Waals surface area contributed by atoms with Gasteiger partial charge in [-0.15, -0.1) is 0 Å². The molecule has 0 atom stereocenters. The molecule has 41 heavy (non-hydrogen) atoms. The lowest BCUT2D eigenvalue weighted by Crippen LogP contribution is -2.29. The number of sulfonamides is 1. The summed E-state index contributed by atoms with van der Waals surface area (Å²) in [4.78, 5) is 24.6. The summed E-state index contributed by atoms with van der Waals surface area (Å²) in [7, 11) is -3.50. The van der Waals surface area contributed by atoms with Gasteiger partial charge in [0.05, 0.1) is 35.4 Å². The van der Waals surface area contributed by atoms with E-state index in [-0.39, 0.29) is 19.1 Å². The quantitative estimate of drug-likeness (QED) is 0.186. The number of halogens is 1. The van der Waals surface area contributed by atoms with Crippen molar-refractivity contribution >= 4 is 51.0 Å². The monoisotopic (exact) mass is 590 g/mol. The van der Waals surface area contributed by atoms with Crippen molar-refractivity contribution < 1.29 is 22.7 Å². The summed E-state index contributed by atoms with van der Waals surface area (Å²) in [5, 5.41) is 7.11. The number of benzene rings is 4. The molecule has 0 radical (unpaired) electrons. The number of hydrogen-bond acceptors (Lipinski definition) is 6. The zero-order chi connectivity index (χ0) is 29.2. The topological polar surface area (TPSA) is 117 Å². The highest BCUT2D eigenvalue weighted by Gasteiger charge is 2.18. The maximum absolute atomic E-state index is 12.5. The van der Waals surface area contributed by atoms with Gasteiger partial charge in [-0.05, 0) is 71.8 Å². The summed E-state index contributed by atoms with van der Waals surface area (Å²) in [6.07, 6.45) is 2.63. The molecule has 0 bridgehead atoms. The van der Waals surface area contributed by atoms with Crippen LogP contribution in [0.4, 0.5) is 11.4 Å². The second-order valence-electron chi connectivity index (χ2n) is 8.89. The van der Waals surface area contributed by atoms with Crippen LogP contribution in [0.15, 0.2) is 108 Å². The normalized spacial score (nSPS) is 11.2. The Kier molecular flexibility index (Phi) is 9.73. The lowest BCUT2D eigenvalue weighted by atomic mass is 10.1. The predicted octanol–water partition coefficient (Wildman–Crippen LogP) is 5.09. The summed E-state index contributed by atoms with van der Waals surface area (Å²) in [5.41, 5.74) is 5.34. The number of para-hydroxylation sites is 2. The van der Waals surface area contributed by atoms with Crippen LogP contribution in [0.2, 0.25) is 5.02 Å². The largest absolute Gasteiger partial charge is 0.484 e. The van der Waals surface area contributed by atoms with E-state index >= 15 is 0 Å². The number of carbonyl (C=O) groups is 2. The van der Waals surface area contributed by atoms with Gasteiger partial charge in [-0.25, -0.2) is 13.8 Å². The minimum atomic E-state index is -3.50. The van der Waals surface area contributed by atoms with E-state index in [0.717, 1.165) is 11.8 Å². The molecule has 4 aromatic carbocycles. The molecule has 4 rings (SSSR count). The molecule has 0 aliphatic rings. The summed E-state index contributed by atoms with van der Waals surface area (Å²) in [6.45, 7) is -0.0549. The number of nitrogens with zero attached hydrogens (tertiary/aromatic N) is 2. The predicted molar refractivity (Wildman–Crippen MR) is 161 cm³/mol. The van der Waals surface area contributed by atoms with E-state index in [1.54, 1.807) is 97.1 Å². The Morgan fingerprint density at radius 3 is 2.22 bits per heavy atom. The van der Waals surface area contributed by atoms with E-state index in [0.29, 0.717) is 33.3 Å². The molecule has 210 valence electrons. The van der Waals surface area contributed by atoms with Gasteiger partial charge in [-0.3, -0.25) is 13.9 Å². The van der Waals surface area contributed by atoms with E-state index in [2.05, 4.69) is 15.8 Å². The highest BCUT2D eigenvalue weighted by Crippen LogP contribution is 2.21. The molecular weight excluding hydrogens is 564 g/mol. The fourth-order valence-electron chi connectivity index (χ4n) is 3.70. The molecule has 0 heterocycles. The van der Waals surface area contributed by atoms with E-state index in [4.69, 9.17) is 16.3 Å². The average molecular weight is 591 g/mol. The lowest BCUT2D eigenvalue weighted by molar-refractivity contribution is -0.118. The number of nitrogens with one attached hydrogen (secondary N) is 2. The molecule has 0 saturated heterocycles. The number of hydrogen-bond donors (Lipinski definition) is 2. The zero-order valence-corrected chi connectivity index (χ0v) is 23.6. The molecule has 0 fully saturated rings. The van der Waals surface area contributed by atoms with Crippen molar-refractivity contribution in [2.75, 3.05) is 22.5 Å². The first kappa shape index (κ1) is 29.3. The van der Waals surface area contributed by atoms with Crippen molar-refractivity contribution in [3.63, 3.8) is 0 Å². The first-order chi connectivity index (χ1) is 19.7. The van der Waals surface area contributed by atoms with Gasteiger partial charge < -0.3 is 10.1 Å². The van der Waals surface area contributed by atoms with Gasteiger partial charge in [0.1, 0.15) is 5.75 Å². The molecular formula is C30H27ClN4O5S. The molecule has 2 amide bonds. The SMILES string of the molecule is CS(=O)(=O)N(Cc1ccc(C(=O)N/N=C\c2ccc(OCC(=O)Nc3ccccc3Cl)cc2)cc1)c1ccccc1. The Morgan fingerprint density at radius 1 is 0.902 bits per heavy atom. The molecule has 0 spiro atoms. The smallest absolute Gasteiger partial charge is 0.271 e. The van der Waals surface area contributed by atoms with Crippen molar-refractivity contribution in [1.82, 2.24) is 5.43 Å². The van der Waals surface area contributed by atoms with Crippen LogP contribution >= 0.6 is 11.6 Å². The maximum atomic E-state index is 12.5. The van der Waals surface area contributed by atoms with Gasteiger partial charge in [-0.2, -0.15) is 5.10 Å². The molecule has 0 unspecified atom stereocenters. The highest BCUT2D eigenvalue weighted by atomic mass is 35.5. The Bertz CT molecular complexity index is 1630. The number of amides is 2. The fraction of sp³-hybridized carbons (Fsp3) is 0.100. The van der Waals surface area contributed by atoms with Gasteiger partial charge in [0.25, 0.3) is 11.8 Å². The molecule has 9 nitrogen and oxygen atoms in total. The second-order valence-corrected chi connectivity index (χ2v) is 11.2. The number of hydrazone groups is 1. The number of ether oxygens (including phenoxy) is 1. The Balaban J connectivity index is 1.26. The number of rotatable bonds is 11. The van der Waals surface area contributed by atoms with Crippen molar-refractivity contribution in [3.05, 3.63) is 125 Å². The van der Waals surface area contributed by atoms with Crippen LogP contribution < -0.4 is 19.8 Å². The van der Waals surface area contributed by atoms with Gasteiger partial charge in [0.15, 0.2) is 6.61 Å². The van der Waals surface area contributed by atoms with Crippen LogP contribution in [0.5, 0.6) is 5.75 Å². The molecule has 0 aliphatic heterocycles. The van der Waals surface area contributed by atoms with Crippen molar-refractivity contribution in [3.8, 4) is 5.75 Å². The third-order valence-electron chi connectivity index (χ3n) is 5.76. The fourth-order valence-corrected chi connectivity index (χ4v) is 4.77. The Labute approximate surface area is 243 Å². The standard InChI is InChI=1S/C30H27ClN4O5S/c1-41(38,39)35(25-7-3-2-4-8-25)20-23-11-15-24(16-12-23)30(37)34-32-19-22-13-17-26(18-14-22)40-21-29(36)33-28-10-6-5-9-27(28)31/h2-19H,20-21H2,1H3,(H,33,36)(H,34,37)/b32-19-. The van der Waals surface area contributed by atoms with Gasteiger partial charge in [0.2, 0.25) is 10.0 Å². The maximum Gasteiger partial charge on any atom is 0.271 e. The first-order valence-electron chi connectivity index (χ1n) is 12.4. The number of anilines is 2. The van der Waals surface area contributed by atoms with Gasteiger partial charge in [0, 0.05) is 5.56 Å². The van der Waals surface area contributed by atoms with Gasteiger partial charge in [-0.1, -0.05) is 54.1 Å². The van der Waals surface area contributed by atoms with Crippen LogP contribution in [0.1, 0.15) is 21.5 Å². The Morgan fingerprint density at radius 2 is 1.56 bits per heavy atom. The molecule has 0 saturated carbocycles. The summed E-state index contributed by atoms with van der Waals surface area (Å²) in [5.74, 6) is -0.272. The van der Waals surface area contributed by atoms with Crippen LogP contribution in [0, 0.1) is 0 Å². The molecule has 0 aliphatic carbocycles. The van der Waals surface area contributed by atoms with E-state index in [1.165, 1.54) is 10.5 Å². The van der Waals surface area contributed by atoms with Crippen LogP contribution in [-0.2, 0) is 21.4 Å². The third kappa shape index (κ3) is 8.66. The van der Waals surface area contributed by atoms with E-state index < -0.39 is 15.9 Å². The molecule has 2 N–H and O–H groups in total. The minimum Gasteiger partial charge on any atom is -0.484 e. The van der Waals surface area contributed by atoms with E-state index in [9.17, 15) is 18.0 Å². The molecule has 11 heteroatoms. The molecule has 0 aromatic heterocycles. The summed E-state index contributed by atoms with van der Waals surface area (Å²) < 4.78 is 31.4. The van der Waals surface area contributed by atoms with Crippen LogP contribution in [0.3, 0.4) is 0 Å². The van der Waals surface area contributed by atoms with Crippen LogP contribution in [-0.4, -0.2) is 39.3 Å². The Hall–Kier alpha value is -4.67. The number of carbonyl (C=O) groups excluding carboxylic acids is 2. The summed E-state index contributed by atoms with van der Waals surface area (Å²) >= 11 is 6.04. The highest BCUT2D eigenvalue weighted by molar-refractivity contribution is 7.92. The van der Waals surface area contributed by atoms with Gasteiger partial charge >= 0.3 is 0 Å². The lowest BCUT2D eigenvalue weighted by Gasteiger charge is -2.22. The summed E-state index contributed by atoms with van der Waals surface area (Å²) in [6, 6.07) is 29.2. The van der Waals surface area contributed by atoms with Crippen molar-refractivity contribution in [2.45, 2.75) is 6.54 Å². The second kappa shape index (κ2) is 13.6. The minimum absolute atomic E-state index is 0.134. The zero-order valence-electron chi connectivity index (χ0n) is 22.0. The van der Waals surface area contributed by atoms with Crippen molar-refractivity contribution in [1.29, 1.82) is 0 Å². The van der Waals surface area contributed by atoms with Crippen LogP contribution in [0.25, 0.3) is 0 Å². The van der Waals surface area contributed by atoms with Crippen molar-refractivity contribution in [2.24, 2.45) is 5.10 Å². The first-order valence-corrected chi connectivity index (χ1v) is 14.6.